The van der Waals surface area contributed by atoms with Crippen molar-refractivity contribution in [2.75, 3.05) is 11.9 Å². The predicted octanol–water partition coefficient (Wildman–Crippen LogP) is 2.80. The van der Waals surface area contributed by atoms with Crippen LogP contribution in [0.5, 0.6) is 0 Å². The molecule has 2 bridgehead atoms. The van der Waals surface area contributed by atoms with E-state index < -0.39 is 0 Å². The standard InChI is InChI=1S/C23H26N2O3/c1-3-12-6-5-7-13(4-2)21(12)24-18(26)11-25-22(27)19-14-8-9-15(17-10-16(14)17)20(19)23(25)28/h5-9,14-17,19-20H,3-4,10-11H2,1-2H3,(H,24,26)/t14-,15-,16-,17+,19-,20+/m0/s1. The van der Waals surface area contributed by atoms with E-state index in [1.54, 1.807) is 0 Å². The first-order valence-electron chi connectivity index (χ1n) is 10.5. The number of para-hydroxylation sites is 1. The molecule has 2 saturated carbocycles. The van der Waals surface area contributed by atoms with Gasteiger partial charge in [0.15, 0.2) is 0 Å². The smallest absolute Gasteiger partial charge is 0.244 e. The number of benzene rings is 1. The second kappa shape index (κ2) is 6.29. The van der Waals surface area contributed by atoms with Crippen molar-refractivity contribution >= 4 is 23.4 Å². The molecule has 1 N–H and O–H groups in total. The molecule has 0 radical (unpaired) electrons. The van der Waals surface area contributed by atoms with Gasteiger partial charge in [-0.1, -0.05) is 44.2 Å². The van der Waals surface area contributed by atoms with Crippen molar-refractivity contribution in [3.8, 4) is 0 Å². The van der Waals surface area contributed by atoms with Crippen molar-refractivity contribution in [1.82, 2.24) is 4.90 Å². The second-order valence-corrected chi connectivity index (χ2v) is 8.62. The predicted molar refractivity (Wildman–Crippen MR) is 105 cm³/mol. The van der Waals surface area contributed by atoms with Gasteiger partial charge in [0.25, 0.3) is 0 Å². The van der Waals surface area contributed by atoms with E-state index in [2.05, 4.69) is 31.3 Å². The Morgan fingerprint density at radius 2 is 1.54 bits per heavy atom. The second-order valence-electron chi connectivity index (χ2n) is 8.62. The van der Waals surface area contributed by atoms with Crippen LogP contribution in [0.4, 0.5) is 5.69 Å². The fourth-order valence-electron chi connectivity index (χ4n) is 5.90. The number of amides is 3. The molecule has 1 aromatic carbocycles. The Balaban J connectivity index is 1.35. The van der Waals surface area contributed by atoms with Crippen LogP contribution in [-0.4, -0.2) is 29.2 Å². The highest BCUT2D eigenvalue weighted by Gasteiger charge is 2.67. The molecule has 5 nitrogen and oxygen atoms in total. The maximum absolute atomic E-state index is 13.0. The van der Waals surface area contributed by atoms with Gasteiger partial charge in [-0.2, -0.15) is 0 Å². The molecule has 5 heteroatoms. The summed E-state index contributed by atoms with van der Waals surface area (Å²) in [5.74, 6) is 0.469. The normalized spacial score (nSPS) is 34.4. The lowest BCUT2D eigenvalue weighted by Gasteiger charge is -2.37. The van der Waals surface area contributed by atoms with Crippen molar-refractivity contribution < 1.29 is 14.4 Å². The van der Waals surface area contributed by atoms with Crippen molar-refractivity contribution in [3.63, 3.8) is 0 Å². The van der Waals surface area contributed by atoms with Gasteiger partial charge in [0.1, 0.15) is 6.54 Å². The third-order valence-electron chi connectivity index (χ3n) is 7.32. The minimum Gasteiger partial charge on any atom is -0.324 e. The van der Waals surface area contributed by atoms with E-state index in [1.807, 2.05) is 18.2 Å². The number of aryl methyl sites for hydroxylation is 2. The van der Waals surface area contributed by atoms with Crippen LogP contribution in [-0.2, 0) is 27.2 Å². The molecule has 3 fully saturated rings. The van der Waals surface area contributed by atoms with Gasteiger partial charge < -0.3 is 5.32 Å². The summed E-state index contributed by atoms with van der Waals surface area (Å²) in [6, 6.07) is 6.01. The Morgan fingerprint density at radius 3 is 2.04 bits per heavy atom. The fraction of sp³-hybridized carbons (Fsp3) is 0.522. The maximum atomic E-state index is 13.0. The van der Waals surface area contributed by atoms with E-state index >= 15 is 0 Å². The average molecular weight is 378 g/mol. The monoisotopic (exact) mass is 378 g/mol. The number of rotatable bonds is 5. The third-order valence-corrected chi connectivity index (χ3v) is 7.32. The number of imide groups is 1. The van der Waals surface area contributed by atoms with Gasteiger partial charge in [-0.05, 0) is 54.1 Å². The van der Waals surface area contributed by atoms with Crippen LogP contribution in [0.25, 0.3) is 0 Å². The highest BCUT2D eigenvalue weighted by Crippen LogP contribution is 2.65. The molecule has 1 heterocycles. The Labute approximate surface area is 165 Å². The molecule has 1 saturated heterocycles. The Hall–Kier alpha value is -2.43. The molecule has 28 heavy (non-hydrogen) atoms. The van der Waals surface area contributed by atoms with Crippen LogP contribution in [0.2, 0.25) is 0 Å². The van der Waals surface area contributed by atoms with Gasteiger partial charge >= 0.3 is 0 Å². The van der Waals surface area contributed by atoms with Crippen LogP contribution >= 0.6 is 0 Å². The summed E-state index contributed by atoms with van der Waals surface area (Å²) in [6.07, 6.45) is 7.07. The van der Waals surface area contributed by atoms with Crippen molar-refractivity contribution in [1.29, 1.82) is 0 Å². The van der Waals surface area contributed by atoms with Crippen molar-refractivity contribution in [2.45, 2.75) is 33.1 Å². The first-order valence-corrected chi connectivity index (χ1v) is 10.5. The number of carbonyl (C=O) groups excluding carboxylic acids is 3. The summed E-state index contributed by atoms with van der Waals surface area (Å²) in [5, 5.41) is 2.99. The largest absolute Gasteiger partial charge is 0.324 e. The number of allylic oxidation sites excluding steroid dienone is 2. The summed E-state index contributed by atoms with van der Waals surface area (Å²) < 4.78 is 0. The Kier molecular flexibility index (Phi) is 3.97. The number of hydrogen-bond acceptors (Lipinski definition) is 3. The molecule has 5 aliphatic rings. The molecule has 6 rings (SSSR count). The van der Waals surface area contributed by atoms with Gasteiger partial charge in [-0.15, -0.1) is 0 Å². The number of likely N-dealkylation sites (tertiary alicyclic amines) is 1. The molecule has 1 aromatic rings. The van der Waals surface area contributed by atoms with E-state index in [0.717, 1.165) is 36.1 Å². The van der Waals surface area contributed by atoms with Crippen LogP contribution in [0.3, 0.4) is 0 Å². The minimum atomic E-state index is -0.290. The highest BCUT2D eigenvalue weighted by molar-refractivity contribution is 6.09. The first kappa shape index (κ1) is 17.7. The lowest BCUT2D eigenvalue weighted by atomic mass is 9.63. The van der Waals surface area contributed by atoms with Gasteiger partial charge in [0.05, 0.1) is 11.8 Å². The van der Waals surface area contributed by atoms with E-state index in [9.17, 15) is 14.4 Å². The topological polar surface area (TPSA) is 66.5 Å². The number of hydrogen-bond donors (Lipinski definition) is 1. The quantitative estimate of drug-likeness (QED) is 0.633. The molecule has 0 aromatic heterocycles. The van der Waals surface area contributed by atoms with Crippen molar-refractivity contribution in [2.24, 2.45) is 35.5 Å². The summed E-state index contributed by atoms with van der Waals surface area (Å²) in [5.41, 5.74) is 2.97. The zero-order valence-electron chi connectivity index (χ0n) is 16.4. The van der Waals surface area contributed by atoms with Crippen LogP contribution in [0.15, 0.2) is 30.4 Å². The molecule has 146 valence electrons. The third kappa shape index (κ3) is 2.41. The Bertz CT molecular complexity index is 847. The van der Waals surface area contributed by atoms with Gasteiger partial charge in [0.2, 0.25) is 17.7 Å². The van der Waals surface area contributed by atoms with E-state index in [4.69, 9.17) is 0 Å². The number of carbonyl (C=O) groups is 3. The molecule has 0 unspecified atom stereocenters. The molecule has 1 aliphatic heterocycles. The zero-order chi connectivity index (χ0) is 19.6. The van der Waals surface area contributed by atoms with Crippen molar-refractivity contribution in [3.05, 3.63) is 41.5 Å². The average Bonchev–Trinajstić information content (AvgIpc) is 3.49. The molecule has 6 atom stereocenters. The van der Waals surface area contributed by atoms with E-state index in [-0.39, 0.29) is 47.9 Å². The molecule has 4 aliphatic carbocycles. The number of nitrogens with zero attached hydrogens (tertiary/aromatic N) is 1. The number of anilines is 1. The lowest BCUT2D eigenvalue weighted by Crippen LogP contribution is -2.40. The number of nitrogens with one attached hydrogen (secondary N) is 1. The summed E-state index contributed by atoms with van der Waals surface area (Å²) in [4.78, 5) is 40.1. The van der Waals surface area contributed by atoms with Gasteiger partial charge in [-0.3, -0.25) is 19.3 Å². The summed E-state index contributed by atoms with van der Waals surface area (Å²) in [6.45, 7) is 3.92. The van der Waals surface area contributed by atoms with E-state index in [0.29, 0.717) is 11.8 Å². The maximum Gasteiger partial charge on any atom is 0.244 e. The fourth-order valence-corrected chi connectivity index (χ4v) is 5.90. The molecule has 3 amide bonds. The van der Waals surface area contributed by atoms with E-state index in [1.165, 1.54) is 4.90 Å². The van der Waals surface area contributed by atoms with Gasteiger partial charge in [0, 0.05) is 5.69 Å². The first-order chi connectivity index (χ1) is 13.5. The molecular weight excluding hydrogens is 352 g/mol. The SMILES string of the molecule is CCc1cccc(CC)c1NC(=O)CN1C(=O)[C@@H]2[C@H]3C=C[C@@H]([C@@H]4C[C@H]34)[C@@H]2C1=O. The van der Waals surface area contributed by atoms with Crippen LogP contribution in [0, 0.1) is 35.5 Å². The Morgan fingerprint density at radius 1 is 1.00 bits per heavy atom. The lowest BCUT2D eigenvalue weighted by molar-refractivity contribution is -0.142. The van der Waals surface area contributed by atoms with Crippen LogP contribution < -0.4 is 5.32 Å². The summed E-state index contributed by atoms with van der Waals surface area (Å²) >= 11 is 0. The van der Waals surface area contributed by atoms with Crippen LogP contribution in [0.1, 0.15) is 31.4 Å². The molecular formula is C23H26N2O3. The highest BCUT2D eigenvalue weighted by atomic mass is 16.2. The molecule has 0 spiro atoms. The van der Waals surface area contributed by atoms with Gasteiger partial charge in [-0.25, -0.2) is 0 Å². The zero-order valence-corrected chi connectivity index (χ0v) is 16.4. The minimum absolute atomic E-state index is 0.144. The summed E-state index contributed by atoms with van der Waals surface area (Å²) in [7, 11) is 0.